The standard InChI is InChI=1S/C17H16N2O4S/c1-3-23-17(22)14-9(2)13-15(21)18-12(19-16(13)24-14)8-10-4-6-11(20)7-5-10/h4-7,20H,3,8H2,1-2H3,(H,18,19,21). The van der Waals surface area contributed by atoms with Crippen LogP contribution in [0, 0.1) is 6.92 Å². The van der Waals surface area contributed by atoms with Crippen molar-refractivity contribution in [3.63, 3.8) is 0 Å². The molecule has 1 aromatic carbocycles. The SMILES string of the molecule is CCOC(=O)c1sc2nc(Cc3ccc(O)cc3)[nH]c(=O)c2c1C. The van der Waals surface area contributed by atoms with E-state index in [9.17, 15) is 14.7 Å². The number of hydrogen-bond acceptors (Lipinski definition) is 6. The quantitative estimate of drug-likeness (QED) is 0.710. The smallest absolute Gasteiger partial charge is 0.348 e. The minimum Gasteiger partial charge on any atom is -0.508 e. The van der Waals surface area contributed by atoms with Gasteiger partial charge in [-0.15, -0.1) is 11.3 Å². The van der Waals surface area contributed by atoms with Gasteiger partial charge in [-0.05, 0) is 37.1 Å². The molecule has 124 valence electrons. The maximum absolute atomic E-state index is 12.4. The Balaban J connectivity index is 2.02. The number of hydrogen-bond donors (Lipinski definition) is 2. The molecule has 0 saturated carbocycles. The number of carbonyl (C=O) groups is 1. The zero-order valence-corrected chi connectivity index (χ0v) is 14.1. The van der Waals surface area contributed by atoms with Crippen molar-refractivity contribution in [2.75, 3.05) is 6.61 Å². The highest BCUT2D eigenvalue weighted by Gasteiger charge is 2.20. The van der Waals surface area contributed by atoms with Crippen LogP contribution < -0.4 is 5.56 Å². The maximum atomic E-state index is 12.4. The number of nitrogens with one attached hydrogen (secondary N) is 1. The van der Waals surface area contributed by atoms with Gasteiger partial charge in [-0.25, -0.2) is 9.78 Å². The minimum atomic E-state index is -0.433. The molecule has 0 radical (unpaired) electrons. The first-order valence-electron chi connectivity index (χ1n) is 7.47. The Bertz CT molecular complexity index is 957. The molecule has 0 amide bonds. The number of rotatable bonds is 4. The van der Waals surface area contributed by atoms with E-state index in [0.717, 1.165) is 5.56 Å². The Morgan fingerprint density at radius 1 is 1.33 bits per heavy atom. The zero-order valence-electron chi connectivity index (χ0n) is 13.3. The molecule has 2 heterocycles. The van der Waals surface area contributed by atoms with Crippen LogP contribution in [0.25, 0.3) is 10.2 Å². The molecule has 7 heteroatoms. The van der Waals surface area contributed by atoms with Gasteiger partial charge in [0.15, 0.2) is 0 Å². The lowest BCUT2D eigenvalue weighted by Crippen LogP contribution is -2.12. The summed E-state index contributed by atoms with van der Waals surface area (Å²) in [6.07, 6.45) is 0.428. The van der Waals surface area contributed by atoms with Crippen molar-refractivity contribution in [2.24, 2.45) is 0 Å². The summed E-state index contributed by atoms with van der Waals surface area (Å²) in [4.78, 5) is 32.5. The van der Waals surface area contributed by atoms with Crippen molar-refractivity contribution in [2.45, 2.75) is 20.3 Å². The second-order valence-electron chi connectivity index (χ2n) is 5.31. The predicted octanol–water partition coefficient (Wildman–Crippen LogP) is 2.77. The van der Waals surface area contributed by atoms with Gasteiger partial charge >= 0.3 is 5.97 Å². The summed E-state index contributed by atoms with van der Waals surface area (Å²) >= 11 is 1.17. The molecule has 0 fully saturated rings. The van der Waals surface area contributed by atoms with Crippen LogP contribution in [0.3, 0.4) is 0 Å². The molecule has 3 rings (SSSR count). The van der Waals surface area contributed by atoms with Crippen molar-refractivity contribution < 1.29 is 14.6 Å². The van der Waals surface area contributed by atoms with Gasteiger partial charge in [0.2, 0.25) is 0 Å². The van der Waals surface area contributed by atoms with E-state index in [4.69, 9.17) is 4.74 Å². The Kier molecular flexibility index (Phi) is 4.35. The average molecular weight is 344 g/mol. The number of nitrogens with zero attached hydrogens (tertiary/aromatic N) is 1. The normalized spacial score (nSPS) is 10.9. The van der Waals surface area contributed by atoms with Crippen LogP contribution in [-0.2, 0) is 11.2 Å². The second kappa shape index (κ2) is 6.45. The fourth-order valence-corrected chi connectivity index (χ4v) is 3.57. The van der Waals surface area contributed by atoms with Crippen LogP contribution in [-0.4, -0.2) is 27.7 Å². The first-order valence-corrected chi connectivity index (χ1v) is 8.28. The van der Waals surface area contributed by atoms with Crippen molar-refractivity contribution in [3.05, 3.63) is 56.4 Å². The molecule has 0 aliphatic rings. The van der Waals surface area contributed by atoms with Crippen LogP contribution >= 0.6 is 11.3 Å². The third kappa shape index (κ3) is 3.03. The molecule has 0 atom stereocenters. The van der Waals surface area contributed by atoms with Gasteiger partial charge < -0.3 is 14.8 Å². The minimum absolute atomic E-state index is 0.184. The van der Waals surface area contributed by atoms with Gasteiger partial charge in [-0.2, -0.15) is 0 Å². The summed E-state index contributed by atoms with van der Waals surface area (Å²) in [5.74, 6) is 0.260. The molecule has 0 bridgehead atoms. The van der Waals surface area contributed by atoms with Crippen molar-refractivity contribution in [3.8, 4) is 5.75 Å². The summed E-state index contributed by atoms with van der Waals surface area (Å²) in [6.45, 7) is 3.74. The molecular formula is C17H16N2O4S. The number of benzene rings is 1. The van der Waals surface area contributed by atoms with E-state index in [-0.39, 0.29) is 17.9 Å². The number of phenols is 1. The van der Waals surface area contributed by atoms with Gasteiger partial charge in [-0.3, -0.25) is 4.79 Å². The van der Waals surface area contributed by atoms with Gasteiger partial charge in [0.25, 0.3) is 5.56 Å². The fraction of sp³-hybridized carbons (Fsp3) is 0.235. The summed E-state index contributed by atoms with van der Waals surface area (Å²) < 4.78 is 5.02. The zero-order chi connectivity index (χ0) is 17.3. The van der Waals surface area contributed by atoms with E-state index in [1.54, 1.807) is 38.1 Å². The van der Waals surface area contributed by atoms with E-state index in [1.807, 2.05) is 0 Å². The third-order valence-electron chi connectivity index (χ3n) is 3.62. The molecule has 0 aliphatic carbocycles. The first kappa shape index (κ1) is 16.2. The predicted molar refractivity (Wildman–Crippen MR) is 91.8 cm³/mol. The number of carbonyl (C=O) groups excluding carboxylic acids is 1. The second-order valence-corrected chi connectivity index (χ2v) is 6.31. The van der Waals surface area contributed by atoms with Crippen molar-refractivity contribution in [1.29, 1.82) is 0 Å². The highest BCUT2D eigenvalue weighted by molar-refractivity contribution is 7.20. The summed E-state index contributed by atoms with van der Waals surface area (Å²) in [5, 5.41) is 9.75. The van der Waals surface area contributed by atoms with Crippen LogP contribution in [0.15, 0.2) is 29.1 Å². The van der Waals surface area contributed by atoms with Crippen molar-refractivity contribution >= 4 is 27.5 Å². The van der Waals surface area contributed by atoms with Crippen LogP contribution in [0.2, 0.25) is 0 Å². The Hall–Kier alpha value is -2.67. The van der Waals surface area contributed by atoms with Gasteiger partial charge in [0.05, 0.1) is 12.0 Å². The van der Waals surface area contributed by atoms with E-state index in [2.05, 4.69) is 9.97 Å². The van der Waals surface area contributed by atoms with Gasteiger partial charge in [0.1, 0.15) is 21.3 Å². The molecule has 0 saturated heterocycles. The number of fused-ring (bicyclic) bond motifs is 1. The Morgan fingerprint density at radius 3 is 2.71 bits per heavy atom. The van der Waals surface area contributed by atoms with E-state index >= 15 is 0 Å². The monoisotopic (exact) mass is 344 g/mol. The molecule has 2 N–H and O–H groups in total. The highest BCUT2D eigenvalue weighted by atomic mass is 32.1. The molecule has 3 aromatic rings. The van der Waals surface area contributed by atoms with Crippen LogP contribution in [0.4, 0.5) is 0 Å². The molecule has 24 heavy (non-hydrogen) atoms. The Labute approximate surface area is 141 Å². The van der Waals surface area contributed by atoms with Gasteiger partial charge in [0, 0.05) is 6.42 Å². The molecule has 2 aromatic heterocycles. The van der Waals surface area contributed by atoms with Gasteiger partial charge in [-0.1, -0.05) is 12.1 Å². The van der Waals surface area contributed by atoms with E-state index in [1.165, 1.54) is 11.3 Å². The number of aromatic nitrogens is 2. The van der Waals surface area contributed by atoms with Crippen LogP contribution in [0.5, 0.6) is 5.75 Å². The summed E-state index contributed by atoms with van der Waals surface area (Å²) in [7, 11) is 0. The van der Waals surface area contributed by atoms with E-state index < -0.39 is 5.97 Å². The number of phenolic OH excluding ortho intramolecular Hbond substituents is 1. The number of ether oxygens (including phenoxy) is 1. The molecule has 0 spiro atoms. The Morgan fingerprint density at radius 2 is 2.04 bits per heavy atom. The number of aromatic hydroxyl groups is 1. The fourth-order valence-electron chi connectivity index (χ4n) is 2.47. The lowest BCUT2D eigenvalue weighted by atomic mass is 10.1. The maximum Gasteiger partial charge on any atom is 0.348 e. The summed E-state index contributed by atoms with van der Waals surface area (Å²) in [6, 6.07) is 6.70. The van der Waals surface area contributed by atoms with Crippen molar-refractivity contribution in [1.82, 2.24) is 9.97 Å². The number of aryl methyl sites for hydroxylation is 1. The molecular weight excluding hydrogens is 328 g/mol. The highest BCUT2D eigenvalue weighted by Crippen LogP contribution is 2.27. The average Bonchev–Trinajstić information content (AvgIpc) is 2.87. The number of esters is 1. The van der Waals surface area contributed by atoms with E-state index in [0.29, 0.717) is 32.9 Å². The lowest BCUT2D eigenvalue weighted by Gasteiger charge is -2.02. The first-order chi connectivity index (χ1) is 11.5. The summed E-state index contributed by atoms with van der Waals surface area (Å²) in [5.41, 5.74) is 1.24. The third-order valence-corrected chi connectivity index (χ3v) is 4.78. The number of aromatic amines is 1. The molecule has 6 nitrogen and oxygen atoms in total. The number of H-pyrrole nitrogens is 1. The molecule has 0 aliphatic heterocycles. The topological polar surface area (TPSA) is 92.3 Å². The molecule has 0 unspecified atom stereocenters. The largest absolute Gasteiger partial charge is 0.508 e. The lowest BCUT2D eigenvalue weighted by molar-refractivity contribution is 0.0531. The number of thiophene rings is 1. The van der Waals surface area contributed by atoms with Crippen LogP contribution in [0.1, 0.15) is 33.5 Å².